The summed E-state index contributed by atoms with van der Waals surface area (Å²) in [6, 6.07) is 0. The van der Waals surface area contributed by atoms with E-state index < -0.39 is 5.97 Å². The van der Waals surface area contributed by atoms with Crippen molar-refractivity contribution in [1.29, 1.82) is 0 Å². The molecule has 0 aliphatic rings. The number of carboxylic acids is 1. The molecule has 0 fully saturated rings. The van der Waals surface area contributed by atoms with Crippen LogP contribution >= 0.6 is 11.8 Å². The maximum Gasteiger partial charge on any atom is 0.342 e. The summed E-state index contributed by atoms with van der Waals surface area (Å²) in [5.41, 5.74) is 5.93. The molecule has 0 unspecified atom stereocenters. The van der Waals surface area contributed by atoms with Crippen molar-refractivity contribution in [3.63, 3.8) is 0 Å². The van der Waals surface area contributed by atoms with Gasteiger partial charge in [-0.3, -0.25) is 0 Å². The molecule has 7 heteroatoms. The molecule has 1 heterocycles. The molecular formula is C10H18N4O2S. The first kappa shape index (κ1) is 13.9. The fourth-order valence-corrected chi connectivity index (χ4v) is 2.12. The largest absolute Gasteiger partial charge is 0.477 e. The van der Waals surface area contributed by atoms with E-state index in [2.05, 4.69) is 5.10 Å². The van der Waals surface area contributed by atoms with Crippen LogP contribution in [0, 0.1) is 0 Å². The Kier molecular flexibility index (Phi) is 4.83. The summed E-state index contributed by atoms with van der Waals surface area (Å²) in [4.78, 5) is 13.1. The average molecular weight is 258 g/mol. The number of carbonyl (C=O) groups is 1. The molecule has 17 heavy (non-hydrogen) atoms. The number of nitrogen functional groups attached to an aromatic ring is 1. The van der Waals surface area contributed by atoms with Crippen LogP contribution in [0.3, 0.4) is 0 Å². The van der Waals surface area contributed by atoms with Crippen LogP contribution in [0.25, 0.3) is 0 Å². The third-order valence-electron chi connectivity index (χ3n) is 2.21. The Bertz CT molecular complexity index is 403. The molecule has 1 aromatic heterocycles. The Morgan fingerprint density at radius 1 is 1.59 bits per heavy atom. The predicted molar refractivity (Wildman–Crippen MR) is 68.6 cm³/mol. The van der Waals surface area contributed by atoms with E-state index in [1.807, 2.05) is 25.9 Å². The monoisotopic (exact) mass is 258 g/mol. The Balaban J connectivity index is 2.99. The molecule has 0 bridgehead atoms. The van der Waals surface area contributed by atoms with Crippen molar-refractivity contribution in [3.05, 3.63) is 5.56 Å². The van der Waals surface area contributed by atoms with Crippen LogP contribution in [0.4, 0.5) is 5.82 Å². The highest BCUT2D eigenvalue weighted by atomic mass is 32.2. The zero-order valence-corrected chi connectivity index (χ0v) is 11.1. The highest BCUT2D eigenvalue weighted by Gasteiger charge is 2.21. The van der Waals surface area contributed by atoms with Crippen molar-refractivity contribution in [2.45, 2.75) is 18.5 Å². The molecule has 3 N–H and O–H groups in total. The fraction of sp³-hybridized carbons (Fsp3) is 0.600. The lowest BCUT2D eigenvalue weighted by atomic mass is 10.3. The van der Waals surface area contributed by atoms with E-state index in [1.165, 1.54) is 11.8 Å². The summed E-state index contributed by atoms with van der Waals surface area (Å²) in [6.45, 7) is 3.30. The van der Waals surface area contributed by atoms with Crippen LogP contribution in [0.5, 0.6) is 0 Å². The number of nitrogens with zero attached hydrogens (tertiary/aromatic N) is 3. The van der Waals surface area contributed by atoms with E-state index in [9.17, 15) is 4.79 Å². The summed E-state index contributed by atoms with van der Waals surface area (Å²) >= 11 is 1.39. The lowest BCUT2D eigenvalue weighted by Gasteiger charge is -2.09. The van der Waals surface area contributed by atoms with E-state index in [-0.39, 0.29) is 11.4 Å². The van der Waals surface area contributed by atoms with Gasteiger partial charge in [0.2, 0.25) is 0 Å². The summed E-state index contributed by atoms with van der Waals surface area (Å²) in [5, 5.41) is 13.8. The van der Waals surface area contributed by atoms with Crippen LogP contribution in [0.15, 0.2) is 5.03 Å². The number of likely N-dealkylation sites (N-methyl/N-ethyl adjacent to an activating group) is 1. The van der Waals surface area contributed by atoms with Gasteiger partial charge in [-0.1, -0.05) is 6.92 Å². The van der Waals surface area contributed by atoms with Crippen molar-refractivity contribution in [2.75, 3.05) is 32.1 Å². The lowest BCUT2D eigenvalue weighted by Crippen LogP contribution is -2.20. The van der Waals surface area contributed by atoms with E-state index in [4.69, 9.17) is 10.8 Å². The Hall–Kier alpha value is -1.21. The number of nitrogens with two attached hydrogens (primary N) is 1. The second kappa shape index (κ2) is 5.92. The Morgan fingerprint density at radius 3 is 2.71 bits per heavy atom. The van der Waals surface area contributed by atoms with Gasteiger partial charge in [0.15, 0.2) is 0 Å². The van der Waals surface area contributed by atoms with Gasteiger partial charge >= 0.3 is 5.97 Å². The standard InChI is InChI=1S/C10H18N4O2S/c1-4-17-9-7(10(15)16)8(11)14(12-9)6-5-13(2)3/h4-6,11H2,1-3H3,(H,15,16). The molecule has 1 rings (SSSR count). The molecule has 0 atom stereocenters. The zero-order chi connectivity index (χ0) is 13.0. The fourth-order valence-electron chi connectivity index (χ4n) is 1.36. The molecule has 6 nitrogen and oxygen atoms in total. The Labute approximate surface area is 105 Å². The highest BCUT2D eigenvalue weighted by molar-refractivity contribution is 7.99. The van der Waals surface area contributed by atoms with Crippen molar-refractivity contribution in [2.24, 2.45) is 0 Å². The van der Waals surface area contributed by atoms with Gasteiger partial charge in [0, 0.05) is 6.54 Å². The second-order valence-electron chi connectivity index (χ2n) is 3.83. The van der Waals surface area contributed by atoms with E-state index >= 15 is 0 Å². The number of hydrogen-bond acceptors (Lipinski definition) is 5. The maximum absolute atomic E-state index is 11.1. The molecule has 0 saturated heterocycles. The zero-order valence-electron chi connectivity index (χ0n) is 10.3. The third-order valence-corrected chi connectivity index (χ3v) is 3.06. The minimum Gasteiger partial charge on any atom is -0.477 e. The van der Waals surface area contributed by atoms with Gasteiger partial charge in [-0.05, 0) is 19.8 Å². The lowest BCUT2D eigenvalue weighted by molar-refractivity contribution is 0.0694. The van der Waals surface area contributed by atoms with Crippen molar-refractivity contribution in [1.82, 2.24) is 14.7 Å². The van der Waals surface area contributed by atoms with Crippen molar-refractivity contribution in [3.8, 4) is 0 Å². The van der Waals surface area contributed by atoms with Gasteiger partial charge in [-0.2, -0.15) is 5.10 Å². The number of rotatable bonds is 6. The second-order valence-corrected chi connectivity index (χ2v) is 5.08. The molecule has 96 valence electrons. The van der Waals surface area contributed by atoms with Gasteiger partial charge in [-0.15, -0.1) is 11.8 Å². The molecule has 0 saturated carbocycles. The van der Waals surface area contributed by atoms with E-state index in [0.717, 1.165) is 12.3 Å². The maximum atomic E-state index is 11.1. The molecule has 0 aliphatic heterocycles. The quantitative estimate of drug-likeness (QED) is 0.735. The minimum atomic E-state index is -1.02. The first-order valence-electron chi connectivity index (χ1n) is 5.34. The van der Waals surface area contributed by atoms with Crippen LogP contribution < -0.4 is 5.73 Å². The normalized spacial score (nSPS) is 11.1. The van der Waals surface area contributed by atoms with Crippen LogP contribution in [-0.4, -0.2) is 52.1 Å². The topological polar surface area (TPSA) is 84.4 Å². The van der Waals surface area contributed by atoms with Gasteiger partial charge in [-0.25, -0.2) is 9.48 Å². The third kappa shape index (κ3) is 3.37. The van der Waals surface area contributed by atoms with Crippen LogP contribution in [0.2, 0.25) is 0 Å². The number of hydrogen-bond donors (Lipinski definition) is 2. The molecule has 0 aromatic carbocycles. The van der Waals surface area contributed by atoms with Crippen molar-refractivity contribution >= 4 is 23.5 Å². The predicted octanol–water partition coefficient (Wildman–Crippen LogP) is 0.837. The molecule has 0 aliphatic carbocycles. The van der Waals surface area contributed by atoms with Gasteiger partial charge in [0.25, 0.3) is 0 Å². The van der Waals surface area contributed by atoms with Gasteiger partial charge in [0.05, 0.1) is 6.54 Å². The first-order valence-corrected chi connectivity index (χ1v) is 6.33. The van der Waals surface area contributed by atoms with E-state index in [0.29, 0.717) is 11.6 Å². The SMILES string of the molecule is CCSc1nn(CCN(C)C)c(N)c1C(=O)O. The summed E-state index contributed by atoms with van der Waals surface area (Å²) < 4.78 is 1.56. The Morgan fingerprint density at radius 2 is 2.24 bits per heavy atom. The number of aromatic nitrogens is 2. The number of aromatic carboxylic acids is 1. The van der Waals surface area contributed by atoms with Crippen molar-refractivity contribution < 1.29 is 9.90 Å². The molecule has 1 aromatic rings. The van der Waals surface area contributed by atoms with Crippen LogP contribution in [0.1, 0.15) is 17.3 Å². The number of anilines is 1. The smallest absolute Gasteiger partial charge is 0.342 e. The minimum absolute atomic E-state index is 0.121. The van der Waals surface area contributed by atoms with Crippen LogP contribution in [-0.2, 0) is 6.54 Å². The average Bonchev–Trinajstić information content (AvgIpc) is 2.52. The first-order chi connectivity index (χ1) is 7.97. The van der Waals surface area contributed by atoms with Gasteiger partial charge < -0.3 is 15.7 Å². The summed E-state index contributed by atoms with van der Waals surface area (Å²) in [5.74, 6) is -0.0189. The number of thioether (sulfide) groups is 1. The molecular weight excluding hydrogens is 240 g/mol. The number of carboxylic acid groups (broad SMARTS) is 1. The summed E-state index contributed by atoms with van der Waals surface area (Å²) in [7, 11) is 3.89. The van der Waals surface area contributed by atoms with Gasteiger partial charge in [0.1, 0.15) is 16.4 Å². The molecule has 0 amide bonds. The highest BCUT2D eigenvalue weighted by Crippen LogP contribution is 2.26. The van der Waals surface area contributed by atoms with E-state index in [1.54, 1.807) is 4.68 Å². The summed E-state index contributed by atoms with van der Waals surface area (Å²) in [6.07, 6.45) is 0. The molecule has 0 spiro atoms. The molecule has 0 radical (unpaired) electrons.